The summed E-state index contributed by atoms with van der Waals surface area (Å²) in [7, 11) is 1.82. The molecule has 0 radical (unpaired) electrons. The van der Waals surface area contributed by atoms with Crippen LogP contribution in [0, 0.1) is 0 Å². The molecule has 2 aromatic rings. The van der Waals surface area contributed by atoms with Gasteiger partial charge in [0, 0.05) is 26.4 Å². The van der Waals surface area contributed by atoms with Crippen molar-refractivity contribution in [3.63, 3.8) is 0 Å². The molecule has 7 nitrogen and oxygen atoms in total. The monoisotopic (exact) mass is 375 g/mol. The maximum Gasteiger partial charge on any atom is 0.233 e. The Bertz CT molecular complexity index is 747. The van der Waals surface area contributed by atoms with Gasteiger partial charge in [0.15, 0.2) is 5.16 Å². The molecule has 140 valence electrons. The van der Waals surface area contributed by atoms with Gasteiger partial charge >= 0.3 is 0 Å². The van der Waals surface area contributed by atoms with Gasteiger partial charge in [-0.1, -0.05) is 49.0 Å². The predicted molar refractivity (Wildman–Crippen MR) is 102 cm³/mol. The highest BCUT2D eigenvalue weighted by Gasteiger charge is 2.19. The van der Waals surface area contributed by atoms with Crippen LogP contribution in [0.5, 0.6) is 0 Å². The van der Waals surface area contributed by atoms with Crippen molar-refractivity contribution in [3.05, 3.63) is 41.7 Å². The average molecular weight is 375 g/mol. The number of rotatable bonds is 9. The summed E-state index contributed by atoms with van der Waals surface area (Å²) in [5.74, 6) is 0.506. The molecule has 2 amide bonds. The number of nitrogens with two attached hydrogens (primary N) is 1. The second-order valence-corrected chi connectivity index (χ2v) is 7.55. The second-order valence-electron chi connectivity index (χ2n) is 6.24. The number of carbonyl (C=O) groups is 2. The van der Waals surface area contributed by atoms with E-state index in [4.69, 9.17) is 5.73 Å². The molecule has 0 saturated carbocycles. The first kappa shape index (κ1) is 20.0. The van der Waals surface area contributed by atoms with E-state index in [1.54, 1.807) is 4.57 Å². The molecular formula is C18H25N5O2S. The van der Waals surface area contributed by atoms with Crippen molar-refractivity contribution in [2.75, 3.05) is 6.54 Å². The van der Waals surface area contributed by atoms with Gasteiger partial charge in [0.2, 0.25) is 11.8 Å². The second kappa shape index (κ2) is 9.38. The molecule has 26 heavy (non-hydrogen) atoms. The van der Waals surface area contributed by atoms with Crippen LogP contribution in [0.3, 0.4) is 0 Å². The molecule has 0 aliphatic carbocycles. The Labute approximate surface area is 157 Å². The van der Waals surface area contributed by atoms with Crippen LogP contribution in [0.1, 0.15) is 37.6 Å². The van der Waals surface area contributed by atoms with E-state index in [-0.39, 0.29) is 29.4 Å². The number of aromatic nitrogens is 3. The van der Waals surface area contributed by atoms with Crippen molar-refractivity contribution in [2.45, 2.75) is 43.0 Å². The molecule has 0 saturated heterocycles. The van der Waals surface area contributed by atoms with Crippen LogP contribution in [-0.2, 0) is 23.1 Å². The number of amides is 2. The first-order valence-corrected chi connectivity index (χ1v) is 9.42. The molecule has 1 aromatic heterocycles. The van der Waals surface area contributed by atoms with E-state index in [0.29, 0.717) is 23.9 Å². The van der Waals surface area contributed by atoms with Gasteiger partial charge in [0.1, 0.15) is 5.82 Å². The lowest BCUT2D eigenvalue weighted by Gasteiger charge is -2.15. The van der Waals surface area contributed by atoms with Crippen LogP contribution < -0.4 is 11.1 Å². The molecule has 3 N–H and O–H groups in total. The van der Waals surface area contributed by atoms with Crippen LogP contribution in [0.25, 0.3) is 0 Å². The normalized spacial score (nSPS) is 13.2. The van der Waals surface area contributed by atoms with Gasteiger partial charge in [-0.15, -0.1) is 10.2 Å². The van der Waals surface area contributed by atoms with Gasteiger partial charge < -0.3 is 15.6 Å². The largest absolute Gasteiger partial charge is 0.370 e. The summed E-state index contributed by atoms with van der Waals surface area (Å²) in [6.07, 6.45) is 0.665. The van der Waals surface area contributed by atoms with Crippen LogP contribution in [-0.4, -0.2) is 38.4 Å². The molecular weight excluding hydrogens is 350 g/mol. The molecule has 2 rings (SSSR count). The smallest absolute Gasteiger partial charge is 0.233 e. The number of benzene rings is 1. The van der Waals surface area contributed by atoms with Gasteiger partial charge in [-0.05, 0) is 18.4 Å². The van der Waals surface area contributed by atoms with Crippen LogP contribution in [0.2, 0.25) is 0 Å². The number of aryl methyl sites for hydroxylation is 1. The fraction of sp³-hybridized carbons (Fsp3) is 0.444. The van der Waals surface area contributed by atoms with Crippen molar-refractivity contribution in [3.8, 4) is 0 Å². The van der Waals surface area contributed by atoms with Gasteiger partial charge in [0.05, 0.1) is 5.25 Å². The highest BCUT2D eigenvalue weighted by molar-refractivity contribution is 8.00. The first-order chi connectivity index (χ1) is 12.4. The molecule has 0 fully saturated rings. The highest BCUT2D eigenvalue weighted by Crippen LogP contribution is 2.22. The molecule has 2 atom stereocenters. The summed E-state index contributed by atoms with van der Waals surface area (Å²) in [5.41, 5.74) is 6.36. The zero-order valence-electron chi connectivity index (χ0n) is 15.3. The van der Waals surface area contributed by atoms with Crippen LogP contribution in [0.15, 0.2) is 35.5 Å². The van der Waals surface area contributed by atoms with Gasteiger partial charge in [0.25, 0.3) is 0 Å². The Morgan fingerprint density at radius 3 is 2.58 bits per heavy atom. The molecule has 0 bridgehead atoms. The van der Waals surface area contributed by atoms with Crippen molar-refractivity contribution < 1.29 is 9.59 Å². The minimum atomic E-state index is -0.373. The summed E-state index contributed by atoms with van der Waals surface area (Å²) in [5, 5.41) is 11.5. The Balaban J connectivity index is 1.86. The van der Waals surface area contributed by atoms with Crippen LogP contribution >= 0.6 is 11.8 Å². The topological polar surface area (TPSA) is 103 Å². The fourth-order valence-electron chi connectivity index (χ4n) is 2.41. The molecule has 0 aliphatic heterocycles. The van der Waals surface area contributed by atoms with Gasteiger partial charge in [-0.25, -0.2) is 0 Å². The summed E-state index contributed by atoms with van der Waals surface area (Å²) in [4.78, 5) is 23.3. The van der Waals surface area contributed by atoms with E-state index >= 15 is 0 Å². The molecule has 1 heterocycles. The number of thioether (sulfide) groups is 1. The zero-order chi connectivity index (χ0) is 19.1. The van der Waals surface area contributed by atoms with Crippen molar-refractivity contribution in [1.29, 1.82) is 0 Å². The number of carbonyl (C=O) groups excluding carboxylic acids is 2. The first-order valence-electron chi connectivity index (χ1n) is 8.54. The van der Waals surface area contributed by atoms with E-state index in [9.17, 15) is 9.59 Å². The Hall–Kier alpha value is -2.35. The number of nitrogens with zero attached hydrogens (tertiary/aromatic N) is 3. The van der Waals surface area contributed by atoms with Crippen molar-refractivity contribution in [1.82, 2.24) is 20.1 Å². The van der Waals surface area contributed by atoms with Crippen molar-refractivity contribution >= 4 is 23.6 Å². The van der Waals surface area contributed by atoms with E-state index in [2.05, 4.69) is 34.6 Å². The third kappa shape index (κ3) is 5.59. The predicted octanol–water partition coefficient (Wildman–Crippen LogP) is 1.63. The lowest BCUT2D eigenvalue weighted by Crippen LogP contribution is -2.33. The van der Waals surface area contributed by atoms with E-state index in [1.807, 2.05) is 32.2 Å². The number of nitrogens with one attached hydrogen (secondary N) is 1. The van der Waals surface area contributed by atoms with Gasteiger partial charge in [-0.3, -0.25) is 9.59 Å². The van der Waals surface area contributed by atoms with Gasteiger partial charge in [-0.2, -0.15) is 0 Å². The van der Waals surface area contributed by atoms with E-state index in [0.717, 1.165) is 0 Å². The Kier molecular flexibility index (Phi) is 7.20. The highest BCUT2D eigenvalue weighted by atomic mass is 32.2. The zero-order valence-corrected chi connectivity index (χ0v) is 16.1. The number of hydrogen-bond acceptors (Lipinski definition) is 5. The maximum atomic E-state index is 12.4. The summed E-state index contributed by atoms with van der Waals surface area (Å²) < 4.78 is 1.80. The third-order valence-electron chi connectivity index (χ3n) is 4.12. The van der Waals surface area contributed by atoms with Crippen LogP contribution in [0.4, 0.5) is 0 Å². The Morgan fingerprint density at radius 1 is 1.23 bits per heavy atom. The minimum absolute atomic E-state index is 0.0422. The summed E-state index contributed by atoms with van der Waals surface area (Å²) in [6.45, 7) is 4.50. The number of primary amides is 1. The summed E-state index contributed by atoms with van der Waals surface area (Å²) >= 11 is 1.34. The molecule has 0 unspecified atom stereocenters. The number of hydrogen-bond donors (Lipinski definition) is 2. The Morgan fingerprint density at radius 2 is 1.92 bits per heavy atom. The molecule has 0 aliphatic rings. The standard InChI is InChI=1S/C18H25N5O2S/c1-12(14-7-5-4-6-8-14)11-20-17(25)13(2)26-18-22-21-16(23(18)3)10-9-15(19)24/h4-8,12-13H,9-11H2,1-3H3,(H2,19,24)(H,20,25)/t12-,13-/m1/s1. The summed E-state index contributed by atoms with van der Waals surface area (Å²) in [6, 6.07) is 10.1. The maximum absolute atomic E-state index is 12.4. The lowest BCUT2D eigenvalue weighted by molar-refractivity contribution is -0.120. The molecule has 1 aromatic carbocycles. The molecule has 0 spiro atoms. The SMILES string of the molecule is C[C@H](CNC(=O)[C@@H](C)Sc1nnc(CCC(N)=O)n1C)c1ccccc1. The van der Waals surface area contributed by atoms with E-state index < -0.39 is 0 Å². The molecule has 8 heteroatoms. The lowest BCUT2D eigenvalue weighted by atomic mass is 10.0. The third-order valence-corrected chi connectivity index (χ3v) is 5.26. The average Bonchev–Trinajstić information content (AvgIpc) is 2.98. The van der Waals surface area contributed by atoms with E-state index in [1.165, 1.54) is 17.3 Å². The quantitative estimate of drug-likeness (QED) is 0.649. The minimum Gasteiger partial charge on any atom is -0.370 e. The van der Waals surface area contributed by atoms with Crippen molar-refractivity contribution in [2.24, 2.45) is 12.8 Å². The fourth-order valence-corrected chi connectivity index (χ4v) is 3.27.